The van der Waals surface area contributed by atoms with Crippen LogP contribution in [-0.4, -0.2) is 19.1 Å². The normalized spacial score (nSPS) is 11.6. The molecule has 206 valence electrons. The first-order valence-electron chi connectivity index (χ1n) is 14.8. The Hall–Kier alpha value is -6.00. The smallest absolute Gasteiger partial charge is 0.235 e. The van der Waals surface area contributed by atoms with Crippen molar-refractivity contribution >= 4 is 43.5 Å². The summed E-state index contributed by atoms with van der Waals surface area (Å²) in [6, 6.07) is 53.2. The molecule has 0 aliphatic heterocycles. The summed E-state index contributed by atoms with van der Waals surface area (Å²) in [5.74, 6) is 0.655. The fourth-order valence-corrected chi connectivity index (χ4v) is 6.48. The number of aromatic nitrogens is 4. The van der Waals surface area contributed by atoms with Crippen molar-refractivity contribution in [2.45, 2.75) is 0 Å². The zero-order chi connectivity index (χ0) is 29.0. The Morgan fingerprint density at radius 2 is 1.07 bits per heavy atom. The monoisotopic (exact) mass is 562 g/mol. The van der Waals surface area contributed by atoms with Gasteiger partial charge in [0.2, 0.25) is 5.95 Å². The van der Waals surface area contributed by atoms with Crippen LogP contribution in [0.15, 0.2) is 158 Å². The second-order valence-electron chi connectivity index (χ2n) is 11.1. The van der Waals surface area contributed by atoms with Gasteiger partial charge >= 0.3 is 0 Å². The lowest BCUT2D eigenvalue weighted by Gasteiger charge is -2.13. The van der Waals surface area contributed by atoms with Gasteiger partial charge in [0.05, 0.1) is 27.9 Å². The summed E-state index contributed by atoms with van der Waals surface area (Å²) in [6.07, 6.45) is 2.16. The molecule has 3 aromatic heterocycles. The minimum atomic E-state index is 0.655. The summed E-state index contributed by atoms with van der Waals surface area (Å²) < 4.78 is 4.52. The van der Waals surface area contributed by atoms with Crippen LogP contribution in [-0.2, 0) is 0 Å². The highest BCUT2D eigenvalue weighted by Crippen LogP contribution is 2.38. The third-order valence-electron chi connectivity index (χ3n) is 8.55. The van der Waals surface area contributed by atoms with Crippen molar-refractivity contribution in [2.24, 2.45) is 0 Å². The van der Waals surface area contributed by atoms with Crippen molar-refractivity contribution < 1.29 is 0 Å². The van der Waals surface area contributed by atoms with Crippen molar-refractivity contribution in [3.05, 3.63) is 158 Å². The van der Waals surface area contributed by atoms with E-state index in [-0.39, 0.29) is 0 Å². The van der Waals surface area contributed by atoms with Crippen LogP contribution < -0.4 is 0 Å². The molecule has 0 aliphatic carbocycles. The largest absolute Gasteiger partial charge is 0.317 e. The maximum absolute atomic E-state index is 5.24. The summed E-state index contributed by atoms with van der Waals surface area (Å²) in [5.41, 5.74) is 8.39. The van der Waals surface area contributed by atoms with E-state index < -0.39 is 0 Å². The Morgan fingerprint density at radius 3 is 1.77 bits per heavy atom. The highest BCUT2D eigenvalue weighted by Gasteiger charge is 2.19. The molecule has 6 aromatic carbocycles. The molecule has 0 amide bonds. The average Bonchev–Trinajstić information content (AvgIpc) is 3.67. The van der Waals surface area contributed by atoms with Crippen LogP contribution in [0.5, 0.6) is 0 Å². The zero-order valence-corrected chi connectivity index (χ0v) is 23.8. The molecular weight excluding hydrogens is 536 g/mol. The van der Waals surface area contributed by atoms with Crippen LogP contribution in [0.1, 0.15) is 0 Å². The van der Waals surface area contributed by atoms with Crippen LogP contribution in [0.2, 0.25) is 0 Å². The lowest BCUT2D eigenvalue weighted by molar-refractivity contribution is 0.998. The van der Waals surface area contributed by atoms with Crippen LogP contribution in [0, 0.1) is 0 Å². The maximum atomic E-state index is 5.24. The molecule has 4 heteroatoms. The van der Waals surface area contributed by atoms with Gasteiger partial charge in [0, 0.05) is 44.6 Å². The van der Waals surface area contributed by atoms with E-state index in [4.69, 9.17) is 9.97 Å². The minimum absolute atomic E-state index is 0.655. The predicted octanol–water partition coefficient (Wildman–Crippen LogP) is 10.0. The fraction of sp³-hybridized carbons (Fsp3) is 0. The van der Waals surface area contributed by atoms with Crippen molar-refractivity contribution in [3.63, 3.8) is 0 Å². The van der Waals surface area contributed by atoms with E-state index in [9.17, 15) is 0 Å². The minimum Gasteiger partial charge on any atom is -0.317 e. The second kappa shape index (κ2) is 9.79. The van der Waals surface area contributed by atoms with Crippen molar-refractivity contribution in [1.82, 2.24) is 19.1 Å². The first-order valence-corrected chi connectivity index (χ1v) is 14.8. The first kappa shape index (κ1) is 24.6. The standard InChI is InChI=1S/C40H26N4/c1-4-12-27(13-5-1)35-26-36(28-14-6-2-7-15-28)42-40(41-35)44-37-19-11-10-18-32(37)33-21-20-29-24-30-22-23-43(31-16-8-3-9-17-31)38(30)25-34(29)39(33)44/h1-26H. The van der Waals surface area contributed by atoms with E-state index in [1.165, 1.54) is 21.5 Å². The van der Waals surface area contributed by atoms with Crippen LogP contribution in [0.25, 0.3) is 77.6 Å². The quantitative estimate of drug-likeness (QED) is 0.214. The van der Waals surface area contributed by atoms with Gasteiger partial charge in [-0.1, -0.05) is 109 Å². The van der Waals surface area contributed by atoms with Gasteiger partial charge in [0.15, 0.2) is 0 Å². The summed E-state index contributed by atoms with van der Waals surface area (Å²) in [6.45, 7) is 0. The number of nitrogens with zero attached hydrogens (tertiary/aromatic N) is 4. The molecule has 9 rings (SSSR count). The molecule has 4 nitrogen and oxygen atoms in total. The summed E-state index contributed by atoms with van der Waals surface area (Å²) >= 11 is 0. The summed E-state index contributed by atoms with van der Waals surface area (Å²) in [5, 5.41) is 5.91. The molecule has 0 saturated carbocycles. The molecule has 9 aromatic rings. The Kier molecular flexibility index (Phi) is 5.47. The molecule has 44 heavy (non-hydrogen) atoms. The third-order valence-corrected chi connectivity index (χ3v) is 8.55. The van der Waals surface area contributed by atoms with E-state index in [1.54, 1.807) is 0 Å². The Labute approximate surface area is 254 Å². The third kappa shape index (κ3) is 3.85. The van der Waals surface area contributed by atoms with E-state index in [2.05, 4.69) is 155 Å². The van der Waals surface area contributed by atoms with Gasteiger partial charge in [-0.3, -0.25) is 4.57 Å². The van der Waals surface area contributed by atoms with Gasteiger partial charge in [-0.2, -0.15) is 0 Å². The molecule has 0 fully saturated rings. The van der Waals surface area contributed by atoms with E-state index in [0.717, 1.165) is 50.1 Å². The highest BCUT2D eigenvalue weighted by molar-refractivity contribution is 6.20. The van der Waals surface area contributed by atoms with E-state index in [1.807, 2.05) is 12.1 Å². The topological polar surface area (TPSA) is 35.6 Å². The van der Waals surface area contributed by atoms with Gasteiger partial charge in [0.25, 0.3) is 0 Å². The summed E-state index contributed by atoms with van der Waals surface area (Å²) in [4.78, 5) is 10.5. The number of rotatable bonds is 4. The van der Waals surface area contributed by atoms with Gasteiger partial charge in [-0.15, -0.1) is 0 Å². The Morgan fingerprint density at radius 1 is 0.432 bits per heavy atom. The molecule has 0 bridgehead atoms. The highest BCUT2D eigenvalue weighted by atomic mass is 15.2. The number of hydrogen-bond acceptors (Lipinski definition) is 2. The fourth-order valence-electron chi connectivity index (χ4n) is 6.48. The second-order valence-corrected chi connectivity index (χ2v) is 11.1. The van der Waals surface area contributed by atoms with Crippen molar-refractivity contribution in [2.75, 3.05) is 0 Å². The van der Waals surface area contributed by atoms with Crippen LogP contribution in [0.4, 0.5) is 0 Å². The molecule has 0 saturated heterocycles. The zero-order valence-electron chi connectivity index (χ0n) is 23.8. The molecular formula is C40H26N4. The molecule has 0 aliphatic rings. The Balaban J connectivity index is 1.40. The number of hydrogen-bond donors (Lipinski definition) is 0. The summed E-state index contributed by atoms with van der Waals surface area (Å²) in [7, 11) is 0. The number of para-hydroxylation sites is 2. The molecule has 0 unspecified atom stereocenters. The lowest BCUT2D eigenvalue weighted by Crippen LogP contribution is -2.04. The molecule has 3 heterocycles. The van der Waals surface area contributed by atoms with Crippen LogP contribution in [0.3, 0.4) is 0 Å². The molecule has 0 N–H and O–H groups in total. The van der Waals surface area contributed by atoms with Gasteiger partial charge in [-0.25, -0.2) is 9.97 Å². The number of benzene rings is 6. The van der Waals surface area contributed by atoms with Crippen molar-refractivity contribution in [1.29, 1.82) is 0 Å². The molecule has 0 spiro atoms. The van der Waals surface area contributed by atoms with Gasteiger partial charge in [-0.05, 0) is 47.9 Å². The molecule has 0 atom stereocenters. The average molecular weight is 563 g/mol. The van der Waals surface area contributed by atoms with Crippen molar-refractivity contribution in [3.8, 4) is 34.2 Å². The van der Waals surface area contributed by atoms with Gasteiger partial charge in [0.1, 0.15) is 0 Å². The SMILES string of the molecule is c1ccc(-c2cc(-c3ccccc3)nc(-n3c4ccccc4c4ccc5cc6ccn(-c7ccccc7)c6cc5c43)n2)cc1. The van der Waals surface area contributed by atoms with Gasteiger partial charge < -0.3 is 4.57 Å². The molecule has 0 radical (unpaired) electrons. The Bertz CT molecular complexity index is 2420. The predicted molar refractivity (Wildman–Crippen MR) is 182 cm³/mol. The number of fused-ring (bicyclic) bond motifs is 6. The first-order chi connectivity index (χ1) is 21.8. The van der Waals surface area contributed by atoms with E-state index >= 15 is 0 Å². The lowest BCUT2D eigenvalue weighted by atomic mass is 10.0. The maximum Gasteiger partial charge on any atom is 0.235 e. The van der Waals surface area contributed by atoms with Crippen LogP contribution >= 0.6 is 0 Å². The van der Waals surface area contributed by atoms with E-state index in [0.29, 0.717) is 5.95 Å².